The number of rotatable bonds is 6. The van der Waals surface area contributed by atoms with Crippen LogP contribution >= 0.6 is 0 Å². The maximum atomic E-state index is 10.9. The number of hydrogen-bond acceptors (Lipinski definition) is 5. The van der Waals surface area contributed by atoms with Crippen LogP contribution in [-0.2, 0) is 11.3 Å². The fourth-order valence-corrected chi connectivity index (χ4v) is 1.77. The smallest absolute Gasteiger partial charge is 0.407 e. The molecule has 0 aliphatic carbocycles. The van der Waals surface area contributed by atoms with Gasteiger partial charge in [-0.3, -0.25) is 0 Å². The summed E-state index contributed by atoms with van der Waals surface area (Å²) in [5.41, 5.74) is 6.57. The highest BCUT2D eigenvalue weighted by Crippen LogP contribution is 2.28. The Kier molecular flexibility index (Phi) is 4.46. The van der Waals surface area contributed by atoms with E-state index in [0.29, 0.717) is 37.8 Å². The van der Waals surface area contributed by atoms with Crippen molar-refractivity contribution in [2.75, 3.05) is 19.8 Å². The summed E-state index contributed by atoms with van der Waals surface area (Å²) in [6.07, 6.45) is -0.673. The summed E-state index contributed by atoms with van der Waals surface area (Å²) < 4.78 is 16.1. The Balaban J connectivity index is 2.00. The van der Waals surface area contributed by atoms with Gasteiger partial charge in [-0.05, 0) is 24.6 Å². The van der Waals surface area contributed by atoms with E-state index < -0.39 is 6.09 Å². The largest absolute Gasteiger partial charge is 0.490 e. The van der Waals surface area contributed by atoms with Gasteiger partial charge >= 0.3 is 6.09 Å². The van der Waals surface area contributed by atoms with Gasteiger partial charge in [-0.25, -0.2) is 4.79 Å². The van der Waals surface area contributed by atoms with Crippen LogP contribution in [-0.4, -0.2) is 32.0 Å². The van der Waals surface area contributed by atoms with Crippen molar-refractivity contribution in [3.8, 4) is 11.5 Å². The van der Waals surface area contributed by atoms with Gasteiger partial charge in [0, 0.05) is 6.54 Å². The molecule has 1 heterocycles. The Labute approximate surface area is 111 Å². The fraction of sp³-hybridized carbons (Fsp3) is 0.462. The molecule has 1 fully saturated rings. The second kappa shape index (κ2) is 6.29. The normalized spacial score (nSPS) is 17.8. The minimum atomic E-state index is -0.405. The van der Waals surface area contributed by atoms with Gasteiger partial charge in [0.25, 0.3) is 0 Å². The predicted molar refractivity (Wildman–Crippen MR) is 69.3 cm³/mol. The van der Waals surface area contributed by atoms with E-state index in [2.05, 4.69) is 5.32 Å². The maximum Gasteiger partial charge on any atom is 0.407 e. The zero-order valence-electron chi connectivity index (χ0n) is 10.8. The summed E-state index contributed by atoms with van der Waals surface area (Å²) in [5, 5.41) is 2.57. The number of carbonyl (C=O) groups excluding carboxylic acids is 1. The number of nitrogens with two attached hydrogens (primary N) is 1. The molecule has 1 aliphatic rings. The average molecular weight is 266 g/mol. The topological polar surface area (TPSA) is 82.8 Å². The molecule has 104 valence electrons. The van der Waals surface area contributed by atoms with E-state index in [4.69, 9.17) is 19.9 Å². The molecule has 1 aliphatic heterocycles. The van der Waals surface area contributed by atoms with Crippen LogP contribution in [0.15, 0.2) is 18.2 Å². The summed E-state index contributed by atoms with van der Waals surface area (Å²) >= 11 is 0. The number of alkyl carbamates (subject to hydrolysis) is 1. The lowest BCUT2D eigenvalue weighted by molar-refractivity contribution is 0.103. The predicted octanol–water partition coefficient (Wildman–Crippen LogP) is 1.03. The molecule has 1 aromatic rings. The average Bonchev–Trinajstić information content (AvgIpc) is 2.83. The second-order valence-corrected chi connectivity index (χ2v) is 4.14. The van der Waals surface area contributed by atoms with Crippen molar-refractivity contribution in [1.29, 1.82) is 0 Å². The third kappa shape index (κ3) is 3.51. The van der Waals surface area contributed by atoms with Crippen LogP contribution < -0.4 is 20.5 Å². The molecule has 6 nitrogen and oxygen atoms in total. The zero-order valence-corrected chi connectivity index (χ0v) is 10.8. The van der Waals surface area contributed by atoms with E-state index in [9.17, 15) is 4.79 Å². The minimum absolute atomic E-state index is 0.267. The van der Waals surface area contributed by atoms with Crippen LogP contribution in [0.1, 0.15) is 12.5 Å². The van der Waals surface area contributed by atoms with Gasteiger partial charge in [0.1, 0.15) is 6.61 Å². The lowest BCUT2D eigenvalue weighted by Crippen LogP contribution is -2.22. The van der Waals surface area contributed by atoms with Crippen LogP contribution in [0.3, 0.4) is 0 Å². The van der Waals surface area contributed by atoms with E-state index >= 15 is 0 Å². The van der Waals surface area contributed by atoms with Gasteiger partial charge in [0.2, 0.25) is 0 Å². The first-order valence-electron chi connectivity index (χ1n) is 6.26. The first-order chi connectivity index (χ1) is 9.22. The number of cyclic esters (lactones) is 1. The van der Waals surface area contributed by atoms with E-state index in [1.54, 1.807) is 0 Å². The van der Waals surface area contributed by atoms with Crippen molar-refractivity contribution in [2.45, 2.75) is 19.6 Å². The first kappa shape index (κ1) is 13.5. The monoisotopic (exact) mass is 266 g/mol. The molecule has 1 amide bonds. The van der Waals surface area contributed by atoms with Crippen LogP contribution in [0.5, 0.6) is 11.5 Å². The van der Waals surface area contributed by atoms with Crippen molar-refractivity contribution in [3.05, 3.63) is 23.8 Å². The van der Waals surface area contributed by atoms with Crippen molar-refractivity contribution < 1.29 is 19.0 Å². The Morgan fingerprint density at radius 3 is 2.89 bits per heavy atom. The van der Waals surface area contributed by atoms with Crippen LogP contribution in [0.4, 0.5) is 4.79 Å². The van der Waals surface area contributed by atoms with Crippen LogP contribution in [0.2, 0.25) is 0 Å². The lowest BCUT2D eigenvalue weighted by Gasteiger charge is -2.14. The Morgan fingerprint density at radius 2 is 2.26 bits per heavy atom. The van der Waals surface area contributed by atoms with Crippen molar-refractivity contribution in [2.24, 2.45) is 5.73 Å². The Morgan fingerprint density at radius 1 is 1.42 bits per heavy atom. The molecule has 1 unspecified atom stereocenters. The SMILES string of the molecule is CCOc1cc(CN)ccc1OCC1CNC(=O)O1. The Bertz CT molecular complexity index is 450. The Hall–Kier alpha value is -1.95. The van der Waals surface area contributed by atoms with Gasteiger partial charge in [-0.2, -0.15) is 0 Å². The van der Waals surface area contributed by atoms with Gasteiger partial charge < -0.3 is 25.3 Å². The fourth-order valence-electron chi connectivity index (χ4n) is 1.77. The van der Waals surface area contributed by atoms with Gasteiger partial charge in [-0.15, -0.1) is 0 Å². The molecule has 6 heteroatoms. The van der Waals surface area contributed by atoms with Crippen molar-refractivity contribution >= 4 is 6.09 Å². The molecule has 0 bridgehead atoms. The molecule has 0 aromatic heterocycles. The molecule has 3 N–H and O–H groups in total. The number of carbonyl (C=O) groups is 1. The third-order valence-electron chi connectivity index (χ3n) is 2.72. The summed E-state index contributed by atoms with van der Waals surface area (Å²) in [6, 6.07) is 5.56. The number of nitrogens with one attached hydrogen (secondary N) is 1. The summed E-state index contributed by atoms with van der Waals surface area (Å²) in [7, 11) is 0. The molecule has 1 saturated heterocycles. The third-order valence-corrected chi connectivity index (χ3v) is 2.72. The standard InChI is InChI=1S/C13H18N2O4/c1-2-17-12-5-9(6-14)3-4-11(12)18-8-10-7-15-13(16)19-10/h3-5,10H,2,6-8,14H2,1H3,(H,15,16). The van der Waals surface area contributed by atoms with Crippen molar-refractivity contribution in [1.82, 2.24) is 5.32 Å². The summed E-state index contributed by atoms with van der Waals surface area (Å²) in [5.74, 6) is 1.28. The van der Waals surface area contributed by atoms with E-state index in [1.807, 2.05) is 25.1 Å². The number of benzene rings is 1. The minimum Gasteiger partial charge on any atom is -0.490 e. The number of amides is 1. The molecular formula is C13H18N2O4. The lowest BCUT2D eigenvalue weighted by atomic mass is 10.2. The molecule has 0 spiro atoms. The number of ether oxygens (including phenoxy) is 3. The quantitative estimate of drug-likeness (QED) is 0.803. The molecule has 19 heavy (non-hydrogen) atoms. The summed E-state index contributed by atoms with van der Waals surface area (Å²) in [4.78, 5) is 10.9. The molecular weight excluding hydrogens is 248 g/mol. The maximum absolute atomic E-state index is 10.9. The second-order valence-electron chi connectivity index (χ2n) is 4.14. The zero-order chi connectivity index (χ0) is 13.7. The van der Waals surface area contributed by atoms with Gasteiger partial charge in [-0.1, -0.05) is 6.07 Å². The van der Waals surface area contributed by atoms with Gasteiger partial charge in [0.15, 0.2) is 17.6 Å². The highest BCUT2D eigenvalue weighted by atomic mass is 16.6. The van der Waals surface area contributed by atoms with Gasteiger partial charge in [0.05, 0.1) is 13.2 Å². The summed E-state index contributed by atoms with van der Waals surface area (Å²) in [6.45, 7) is 3.65. The molecule has 1 atom stereocenters. The number of hydrogen-bond donors (Lipinski definition) is 2. The van der Waals surface area contributed by atoms with E-state index in [1.165, 1.54) is 0 Å². The molecule has 0 saturated carbocycles. The highest BCUT2D eigenvalue weighted by Gasteiger charge is 2.23. The molecule has 2 rings (SSSR count). The molecule has 0 radical (unpaired) electrons. The van der Waals surface area contributed by atoms with Crippen molar-refractivity contribution in [3.63, 3.8) is 0 Å². The van der Waals surface area contributed by atoms with E-state index in [0.717, 1.165) is 5.56 Å². The first-order valence-corrected chi connectivity index (χ1v) is 6.26. The van der Waals surface area contributed by atoms with Crippen LogP contribution in [0, 0.1) is 0 Å². The van der Waals surface area contributed by atoms with Crippen LogP contribution in [0.25, 0.3) is 0 Å². The highest BCUT2D eigenvalue weighted by molar-refractivity contribution is 5.69. The molecule has 1 aromatic carbocycles. The van der Waals surface area contributed by atoms with E-state index in [-0.39, 0.29) is 6.10 Å².